The van der Waals surface area contributed by atoms with Crippen LogP contribution < -0.4 is 5.32 Å². The number of carbonyl (C=O) groups is 2. The summed E-state index contributed by atoms with van der Waals surface area (Å²) in [4.78, 5) is 25.9. The molecule has 1 aliphatic heterocycles. The number of hydrogen-bond acceptors (Lipinski definition) is 5. The molecule has 2 heterocycles. The van der Waals surface area contributed by atoms with Gasteiger partial charge in [0.1, 0.15) is 11.5 Å². The van der Waals surface area contributed by atoms with E-state index in [2.05, 4.69) is 5.32 Å². The fourth-order valence-electron chi connectivity index (χ4n) is 4.13. The van der Waals surface area contributed by atoms with Crippen molar-refractivity contribution in [3.8, 4) is 0 Å². The Balaban J connectivity index is 1.61. The second kappa shape index (κ2) is 8.11. The lowest BCUT2D eigenvalue weighted by molar-refractivity contribution is -0.139. The van der Waals surface area contributed by atoms with Gasteiger partial charge in [0.05, 0.1) is 18.1 Å². The normalized spacial score (nSPS) is 19.1. The summed E-state index contributed by atoms with van der Waals surface area (Å²) in [5.74, 6) is 0.506. The second-order valence-corrected chi connectivity index (χ2v) is 7.59. The van der Waals surface area contributed by atoms with E-state index in [1.807, 2.05) is 56.3 Å². The van der Waals surface area contributed by atoms with Gasteiger partial charge in [0.2, 0.25) is 0 Å². The average molecular weight is 391 g/mol. The maximum Gasteiger partial charge on any atom is 0.336 e. The van der Waals surface area contributed by atoms with E-state index in [-0.39, 0.29) is 12.4 Å². The Kier molecular flexibility index (Phi) is 5.38. The van der Waals surface area contributed by atoms with Crippen molar-refractivity contribution in [1.29, 1.82) is 0 Å². The fraction of sp³-hybridized carbons (Fsp3) is 0.333. The molecule has 2 aliphatic rings. The largest absolute Gasteiger partial charge is 0.465 e. The van der Waals surface area contributed by atoms with Crippen molar-refractivity contribution >= 4 is 11.8 Å². The molecule has 4 rings (SSSR count). The number of esters is 1. The van der Waals surface area contributed by atoms with Gasteiger partial charge in [-0.05, 0) is 44.4 Å². The number of nitrogens with one attached hydrogen (secondary N) is 1. The molecule has 5 heteroatoms. The van der Waals surface area contributed by atoms with Crippen molar-refractivity contribution in [2.45, 2.75) is 45.4 Å². The molecule has 1 aromatic carbocycles. The number of aryl methyl sites for hydroxylation is 1. The maximum absolute atomic E-state index is 13.1. The van der Waals surface area contributed by atoms with Crippen LogP contribution in [0.3, 0.4) is 0 Å². The van der Waals surface area contributed by atoms with Gasteiger partial charge in [-0.15, -0.1) is 0 Å². The van der Waals surface area contributed by atoms with Gasteiger partial charge in [-0.2, -0.15) is 0 Å². The molecule has 0 saturated carbocycles. The van der Waals surface area contributed by atoms with Gasteiger partial charge in [0.15, 0.2) is 5.78 Å². The summed E-state index contributed by atoms with van der Waals surface area (Å²) >= 11 is 0. The smallest absolute Gasteiger partial charge is 0.336 e. The van der Waals surface area contributed by atoms with Crippen LogP contribution in [0.5, 0.6) is 0 Å². The van der Waals surface area contributed by atoms with Crippen LogP contribution in [0.4, 0.5) is 0 Å². The molecule has 1 aromatic heterocycles. The molecule has 0 saturated heterocycles. The molecule has 1 N–H and O–H groups in total. The molecule has 150 valence electrons. The van der Waals surface area contributed by atoms with E-state index in [4.69, 9.17) is 9.15 Å². The van der Waals surface area contributed by atoms with Gasteiger partial charge in [-0.3, -0.25) is 4.79 Å². The molecule has 0 radical (unpaired) electrons. The summed E-state index contributed by atoms with van der Waals surface area (Å²) < 4.78 is 11.5. The zero-order chi connectivity index (χ0) is 20.4. The maximum atomic E-state index is 13.1. The van der Waals surface area contributed by atoms with Crippen molar-refractivity contribution in [3.63, 3.8) is 0 Å². The Morgan fingerprint density at radius 2 is 1.93 bits per heavy atom. The van der Waals surface area contributed by atoms with Crippen molar-refractivity contribution in [1.82, 2.24) is 5.32 Å². The van der Waals surface area contributed by atoms with E-state index in [0.29, 0.717) is 29.7 Å². The summed E-state index contributed by atoms with van der Waals surface area (Å²) in [5.41, 5.74) is 3.84. The summed E-state index contributed by atoms with van der Waals surface area (Å²) in [7, 11) is 0. The summed E-state index contributed by atoms with van der Waals surface area (Å²) in [6.45, 7) is 4.00. The Labute approximate surface area is 170 Å². The van der Waals surface area contributed by atoms with Gasteiger partial charge in [0.25, 0.3) is 0 Å². The van der Waals surface area contributed by atoms with Crippen molar-refractivity contribution < 1.29 is 18.7 Å². The number of rotatable bonds is 5. The molecule has 5 nitrogen and oxygen atoms in total. The quantitative estimate of drug-likeness (QED) is 0.768. The molecule has 1 unspecified atom stereocenters. The average Bonchev–Trinajstić information content (AvgIpc) is 3.14. The minimum absolute atomic E-state index is 0.0693. The molecule has 2 aromatic rings. The Bertz CT molecular complexity index is 997. The lowest BCUT2D eigenvalue weighted by atomic mass is 9.77. The standard InChI is InChI=1S/C24H25NO4/c1-15-11-12-20(29-15)23-21(16(2)25-18-9-6-10-19(26)22(18)23)24(27)28-14-13-17-7-4-3-5-8-17/h3-5,7-8,11-12,23,25H,6,9-10,13-14H2,1-2H3. The Hall–Kier alpha value is -3.08. The Morgan fingerprint density at radius 1 is 1.14 bits per heavy atom. The summed E-state index contributed by atoms with van der Waals surface area (Å²) in [6, 6.07) is 13.6. The third kappa shape index (κ3) is 3.90. The third-order valence-corrected chi connectivity index (χ3v) is 5.51. The van der Waals surface area contributed by atoms with Crippen LogP contribution in [0.25, 0.3) is 0 Å². The van der Waals surface area contributed by atoms with Gasteiger partial charge < -0.3 is 14.5 Å². The Morgan fingerprint density at radius 3 is 2.66 bits per heavy atom. The molecule has 0 bridgehead atoms. The molecule has 29 heavy (non-hydrogen) atoms. The number of dihydropyridines is 1. The number of benzene rings is 1. The summed E-state index contributed by atoms with van der Waals surface area (Å²) in [5, 5.41) is 3.29. The molecule has 0 spiro atoms. The summed E-state index contributed by atoms with van der Waals surface area (Å²) in [6.07, 6.45) is 2.75. The minimum atomic E-state index is -0.517. The van der Waals surface area contributed by atoms with Crippen LogP contribution in [0.15, 0.2) is 69.4 Å². The van der Waals surface area contributed by atoms with Crippen LogP contribution in [-0.2, 0) is 20.7 Å². The van der Waals surface area contributed by atoms with E-state index in [1.54, 1.807) is 0 Å². The lowest BCUT2D eigenvalue weighted by Crippen LogP contribution is -2.34. The fourth-order valence-corrected chi connectivity index (χ4v) is 4.13. The first-order valence-electron chi connectivity index (χ1n) is 10.1. The minimum Gasteiger partial charge on any atom is -0.465 e. The number of hydrogen-bond donors (Lipinski definition) is 1. The predicted octanol–water partition coefficient (Wildman–Crippen LogP) is 4.34. The molecule has 0 fully saturated rings. The topological polar surface area (TPSA) is 68.5 Å². The van der Waals surface area contributed by atoms with E-state index >= 15 is 0 Å². The van der Waals surface area contributed by atoms with E-state index in [0.717, 1.165) is 35.6 Å². The first-order chi connectivity index (χ1) is 14.0. The molecular weight excluding hydrogens is 366 g/mol. The number of allylic oxidation sites excluding steroid dienone is 3. The highest BCUT2D eigenvalue weighted by Crippen LogP contribution is 2.42. The van der Waals surface area contributed by atoms with E-state index < -0.39 is 11.9 Å². The predicted molar refractivity (Wildman–Crippen MR) is 109 cm³/mol. The molecular formula is C24H25NO4. The zero-order valence-electron chi connectivity index (χ0n) is 16.8. The highest BCUT2D eigenvalue weighted by atomic mass is 16.5. The van der Waals surface area contributed by atoms with Crippen molar-refractivity contribution in [2.24, 2.45) is 0 Å². The van der Waals surface area contributed by atoms with Crippen LogP contribution in [0, 0.1) is 6.92 Å². The number of Topliss-reactive ketones (excluding diaryl/α,β-unsaturated/α-hetero) is 1. The van der Waals surface area contributed by atoms with Gasteiger partial charge in [-0.25, -0.2) is 4.79 Å². The van der Waals surface area contributed by atoms with Gasteiger partial charge >= 0.3 is 5.97 Å². The number of ketones is 1. The van der Waals surface area contributed by atoms with Crippen LogP contribution in [0.1, 0.15) is 49.2 Å². The first-order valence-corrected chi connectivity index (χ1v) is 10.1. The molecule has 0 amide bonds. The van der Waals surface area contributed by atoms with Crippen molar-refractivity contribution in [2.75, 3.05) is 6.61 Å². The van der Waals surface area contributed by atoms with Crippen LogP contribution in [0.2, 0.25) is 0 Å². The van der Waals surface area contributed by atoms with Crippen LogP contribution >= 0.6 is 0 Å². The van der Waals surface area contributed by atoms with Gasteiger partial charge in [-0.1, -0.05) is 30.3 Å². The second-order valence-electron chi connectivity index (χ2n) is 7.59. The van der Waals surface area contributed by atoms with Crippen molar-refractivity contribution in [3.05, 3.63) is 82.1 Å². The third-order valence-electron chi connectivity index (χ3n) is 5.51. The highest BCUT2D eigenvalue weighted by Gasteiger charge is 2.40. The number of ether oxygens (including phenoxy) is 1. The number of furan rings is 1. The lowest BCUT2D eigenvalue weighted by Gasteiger charge is -2.32. The number of carbonyl (C=O) groups excluding carboxylic acids is 2. The SMILES string of the molecule is CC1=C(C(=O)OCCc2ccccc2)C(c2ccc(C)o2)C2=C(CCCC2=O)N1. The molecule has 1 atom stereocenters. The molecule has 1 aliphatic carbocycles. The first kappa shape index (κ1) is 19.2. The monoisotopic (exact) mass is 391 g/mol. The van der Waals surface area contributed by atoms with Gasteiger partial charge in [0, 0.05) is 29.8 Å². The van der Waals surface area contributed by atoms with Crippen LogP contribution in [-0.4, -0.2) is 18.4 Å². The van der Waals surface area contributed by atoms with E-state index in [1.165, 1.54) is 0 Å². The highest BCUT2D eigenvalue weighted by molar-refractivity contribution is 6.03. The zero-order valence-corrected chi connectivity index (χ0v) is 16.8. The van der Waals surface area contributed by atoms with E-state index in [9.17, 15) is 9.59 Å².